The van der Waals surface area contributed by atoms with Crippen molar-refractivity contribution in [2.24, 2.45) is 5.41 Å². The minimum absolute atomic E-state index is 0.0534. The van der Waals surface area contributed by atoms with Crippen molar-refractivity contribution in [3.05, 3.63) is 29.4 Å². The van der Waals surface area contributed by atoms with Gasteiger partial charge in [-0.15, -0.1) is 0 Å². The second-order valence-corrected chi connectivity index (χ2v) is 8.02. The first-order valence-electron chi connectivity index (χ1n) is 9.83. The summed E-state index contributed by atoms with van der Waals surface area (Å²) in [4.78, 5) is 25.9. The molecule has 0 N–H and O–H groups in total. The Bertz CT molecular complexity index is 891. The lowest BCUT2D eigenvalue weighted by Crippen LogP contribution is -2.44. The largest absolute Gasteiger partial charge is 0.481 e. The fourth-order valence-corrected chi connectivity index (χ4v) is 4.57. The van der Waals surface area contributed by atoms with Crippen molar-refractivity contribution >= 4 is 5.91 Å². The van der Waals surface area contributed by atoms with Crippen molar-refractivity contribution in [1.29, 1.82) is 0 Å². The Morgan fingerprint density at radius 1 is 1.21 bits per heavy atom. The molecule has 0 radical (unpaired) electrons. The molecule has 2 fully saturated rings. The predicted octanol–water partition coefficient (Wildman–Crippen LogP) is 2.09. The number of carbonyl (C=O) groups is 1. The van der Waals surface area contributed by atoms with E-state index >= 15 is 0 Å². The van der Waals surface area contributed by atoms with Crippen molar-refractivity contribution in [2.75, 3.05) is 40.9 Å². The van der Waals surface area contributed by atoms with Crippen LogP contribution in [0.1, 0.15) is 47.4 Å². The van der Waals surface area contributed by atoms with E-state index < -0.39 is 0 Å². The van der Waals surface area contributed by atoms with Crippen LogP contribution in [0.2, 0.25) is 0 Å². The number of ether oxygens (including phenoxy) is 2. The number of rotatable bonds is 4. The molecule has 1 unspecified atom stereocenters. The standard InChI is InChI=1S/C20H27N5O4/c1-13-21-18(29-23-13)15-11-20(12-24(15)2)7-9-25(10-8-20)19(26)14-5-6-16(27-3)22-17(14)28-4/h5-6,15H,7-12H2,1-4H3. The molecule has 2 aliphatic rings. The highest BCUT2D eigenvalue weighted by molar-refractivity contribution is 5.96. The van der Waals surface area contributed by atoms with Crippen LogP contribution in [-0.2, 0) is 0 Å². The molecule has 1 atom stereocenters. The van der Waals surface area contributed by atoms with E-state index in [1.807, 2.05) is 11.8 Å². The van der Waals surface area contributed by atoms with Gasteiger partial charge in [0.2, 0.25) is 17.7 Å². The van der Waals surface area contributed by atoms with Gasteiger partial charge >= 0.3 is 0 Å². The second kappa shape index (κ2) is 7.62. The number of amides is 1. The molecule has 0 aliphatic carbocycles. The molecular weight excluding hydrogens is 374 g/mol. The maximum atomic E-state index is 13.1. The van der Waals surface area contributed by atoms with Crippen LogP contribution in [0.5, 0.6) is 11.8 Å². The van der Waals surface area contributed by atoms with E-state index in [2.05, 4.69) is 27.1 Å². The molecule has 2 aliphatic heterocycles. The van der Waals surface area contributed by atoms with Gasteiger partial charge in [-0.25, -0.2) is 0 Å². The smallest absolute Gasteiger partial charge is 0.259 e. The maximum Gasteiger partial charge on any atom is 0.259 e. The molecule has 1 spiro atoms. The first-order valence-corrected chi connectivity index (χ1v) is 9.83. The van der Waals surface area contributed by atoms with Crippen LogP contribution in [0, 0.1) is 12.3 Å². The maximum absolute atomic E-state index is 13.1. The molecule has 9 nitrogen and oxygen atoms in total. The lowest BCUT2D eigenvalue weighted by Gasteiger charge is -2.39. The van der Waals surface area contributed by atoms with Crippen LogP contribution >= 0.6 is 0 Å². The van der Waals surface area contributed by atoms with Crippen LogP contribution in [-0.4, -0.2) is 71.7 Å². The summed E-state index contributed by atoms with van der Waals surface area (Å²) < 4.78 is 15.8. The quantitative estimate of drug-likeness (QED) is 0.769. The van der Waals surface area contributed by atoms with Gasteiger partial charge in [0.15, 0.2) is 5.82 Å². The van der Waals surface area contributed by atoms with Gasteiger partial charge in [0.1, 0.15) is 5.56 Å². The third-order valence-electron chi connectivity index (χ3n) is 6.15. The van der Waals surface area contributed by atoms with E-state index in [-0.39, 0.29) is 17.4 Å². The number of methoxy groups -OCH3 is 2. The highest BCUT2D eigenvalue weighted by Crippen LogP contribution is 2.48. The normalized spacial score (nSPS) is 21.5. The number of piperidine rings is 1. The Hall–Kier alpha value is -2.68. The number of pyridine rings is 1. The Labute approximate surface area is 170 Å². The van der Waals surface area contributed by atoms with Gasteiger partial charge in [0.05, 0.1) is 20.3 Å². The van der Waals surface area contributed by atoms with Gasteiger partial charge in [-0.3, -0.25) is 9.69 Å². The zero-order chi connectivity index (χ0) is 20.6. The van der Waals surface area contributed by atoms with E-state index in [0.717, 1.165) is 25.8 Å². The summed E-state index contributed by atoms with van der Waals surface area (Å²) >= 11 is 0. The van der Waals surface area contributed by atoms with Crippen LogP contribution in [0.15, 0.2) is 16.7 Å². The zero-order valence-electron chi connectivity index (χ0n) is 17.3. The number of nitrogens with zero attached hydrogens (tertiary/aromatic N) is 5. The number of aromatic nitrogens is 3. The summed E-state index contributed by atoms with van der Waals surface area (Å²) in [5, 5.41) is 3.93. The summed E-state index contributed by atoms with van der Waals surface area (Å²) in [6, 6.07) is 3.54. The number of hydrogen-bond donors (Lipinski definition) is 0. The van der Waals surface area contributed by atoms with Crippen LogP contribution in [0.25, 0.3) is 0 Å². The third-order valence-corrected chi connectivity index (χ3v) is 6.15. The molecule has 2 aromatic heterocycles. The van der Waals surface area contributed by atoms with Crippen LogP contribution < -0.4 is 9.47 Å². The van der Waals surface area contributed by atoms with Gasteiger partial charge in [0, 0.05) is 25.7 Å². The van der Waals surface area contributed by atoms with E-state index in [4.69, 9.17) is 14.0 Å². The summed E-state index contributed by atoms with van der Waals surface area (Å²) in [7, 11) is 5.15. The number of likely N-dealkylation sites (tertiary alicyclic amines) is 2. The first kappa shape index (κ1) is 19.6. The minimum atomic E-state index is -0.0534. The van der Waals surface area contributed by atoms with Gasteiger partial charge in [0.25, 0.3) is 5.91 Å². The third kappa shape index (κ3) is 3.66. The molecule has 2 aromatic rings. The second-order valence-electron chi connectivity index (χ2n) is 8.02. The lowest BCUT2D eigenvalue weighted by molar-refractivity contribution is 0.0589. The van der Waals surface area contributed by atoms with Crippen molar-refractivity contribution in [3.63, 3.8) is 0 Å². The molecule has 1 amide bonds. The first-order chi connectivity index (χ1) is 13.9. The van der Waals surface area contributed by atoms with E-state index in [1.54, 1.807) is 12.1 Å². The fourth-order valence-electron chi connectivity index (χ4n) is 4.57. The Morgan fingerprint density at radius 2 is 1.97 bits per heavy atom. The summed E-state index contributed by atoms with van der Waals surface area (Å²) in [5.74, 6) is 2.02. The predicted molar refractivity (Wildman–Crippen MR) is 104 cm³/mol. The number of carbonyl (C=O) groups excluding carboxylic acids is 1. The summed E-state index contributed by atoms with van der Waals surface area (Å²) in [6.45, 7) is 4.22. The SMILES string of the molecule is COc1ccc(C(=O)N2CCC3(CC2)CC(c2nc(C)no2)N(C)C3)c(OC)n1. The Balaban J connectivity index is 1.44. The lowest BCUT2D eigenvalue weighted by atomic mass is 9.76. The molecule has 2 saturated heterocycles. The summed E-state index contributed by atoms with van der Waals surface area (Å²) in [5.41, 5.74) is 0.632. The van der Waals surface area contributed by atoms with E-state index in [9.17, 15) is 4.79 Å². The average molecular weight is 401 g/mol. The monoisotopic (exact) mass is 401 g/mol. The molecule has 156 valence electrons. The summed E-state index contributed by atoms with van der Waals surface area (Å²) in [6.07, 6.45) is 2.86. The Kier molecular flexibility index (Phi) is 5.16. The molecule has 4 heterocycles. The van der Waals surface area contributed by atoms with Gasteiger partial charge in [-0.05, 0) is 44.7 Å². The van der Waals surface area contributed by atoms with Gasteiger partial charge in [-0.2, -0.15) is 9.97 Å². The molecular formula is C20H27N5O4. The highest BCUT2D eigenvalue weighted by atomic mass is 16.5. The minimum Gasteiger partial charge on any atom is -0.481 e. The van der Waals surface area contributed by atoms with Crippen molar-refractivity contribution in [1.82, 2.24) is 24.9 Å². The fraction of sp³-hybridized carbons (Fsp3) is 0.600. The van der Waals surface area contributed by atoms with Crippen molar-refractivity contribution < 1.29 is 18.8 Å². The van der Waals surface area contributed by atoms with Crippen molar-refractivity contribution in [3.8, 4) is 11.8 Å². The molecule has 9 heteroatoms. The molecule has 0 aromatic carbocycles. The van der Waals surface area contributed by atoms with Gasteiger partial charge in [-0.1, -0.05) is 5.16 Å². The number of aryl methyl sites for hydroxylation is 1. The average Bonchev–Trinajstić information content (AvgIpc) is 3.30. The van der Waals surface area contributed by atoms with Crippen LogP contribution in [0.4, 0.5) is 0 Å². The van der Waals surface area contributed by atoms with Crippen LogP contribution in [0.3, 0.4) is 0 Å². The van der Waals surface area contributed by atoms with E-state index in [1.165, 1.54) is 14.2 Å². The molecule has 0 saturated carbocycles. The molecule has 0 bridgehead atoms. The van der Waals surface area contributed by atoms with E-state index in [0.29, 0.717) is 42.1 Å². The zero-order valence-corrected chi connectivity index (χ0v) is 17.3. The molecule has 4 rings (SSSR count). The topological polar surface area (TPSA) is 93.8 Å². The van der Waals surface area contributed by atoms with Crippen molar-refractivity contribution in [2.45, 2.75) is 32.2 Å². The number of hydrogen-bond acceptors (Lipinski definition) is 8. The highest BCUT2D eigenvalue weighted by Gasteiger charge is 2.47. The molecule has 29 heavy (non-hydrogen) atoms. The van der Waals surface area contributed by atoms with Gasteiger partial charge < -0.3 is 18.9 Å². The Morgan fingerprint density at radius 3 is 2.59 bits per heavy atom.